The Balaban J connectivity index is 1.40. The molecule has 0 aromatic heterocycles. The molecule has 1 fully saturated rings. The van der Waals surface area contributed by atoms with E-state index in [1.807, 2.05) is 50.2 Å². The molecule has 2 aliphatic carbocycles. The predicted octanol–water partition coefficient (Wildman–Crippen LogP) is 4.31. The van der Waals surface area contributed by atoms with Crippen LogP contribution in [0.4, 0.5) is 4.79 Å². The molecule has 4 rings (SSSR count). The fraction of sp³-hybridized carbons (Fsp3) is 0.444. The minimum absolute atomic E-state index is 0.0701. The number of carbonyl (C=O) groups excluding carboxylic acids is 2. The summed E-state index contributed by atoms with van der Waals surface area (Å²) in [6, 6.07) is 14.9. The second-order valence-electron chi connectivity index (χ2n) is 9.87. The van der Waals surface area contributed by atoms with Crippen LogP contribution in [0.25, 0.3) is 11.1 Å². The van der Waals surface area contributed by atoms with Gasteiger partial charge in [0.05, 0.1) is 5.41 Å². The lowest BCUT2D eigenvalue weighted by molar-refractivity contribution is -0.149. The summed E-state index contributed by atoms with van der Waals surface area (Å²) < 4.78 is 5.60. The number of carboxylic acid groups (broad SMARTS) is 1. The summed E-state index contributed by atoms with van der Waals surface area (Å²) in [6.07, 6.45) is 1.19. The van der Waals surface area contributed by atoms with Gasteiger partial charge in [-0.3, -0.25) is 9.59 Å². The van der Waals surface area contributed by atoms with E-state index in [1.165, 1.54) is 0 Å². The zero-order valence-corrected chi connectivity index (χ0v) is 19.8. The molecular weight excluding hydrogens is 432 g/mol. The van der Waals surface area contributed by atoms with Crippen molar-refractivity contribution in [3.8, 4) is 11.1 Å². The number of alkyl carbamates (subject to hydrolysis) is 1. The number of nitrogens with one attached hydrogen (secondary N) is 2. The summed E-state index contributed by atoms with van der Waals surface area (Å²) in [5.41, 5.74) is 3.52. The average molecular weight is 465 g/mol. The number of hydrogen-bond acceptors (Lipinski definition) is 4. The minimum atomic E-state index is -0.999. The molecule has 7 heteroatoms. The van der Waals surface area contributed by atoms with Gasteiger partial charge < -0.3 is 20.5 Å². The van der Waals surface area contributed by atoms with Crippen LogP contribution < -0.4 is 10.6 Å². The molecule has 0 heterocycles. The maximum absolute atomic E-state index is 13.0. The fourth-order valence-electron chi connectivity index (χ4n) is 5.22. The van der Waals surface area contributed by atoms with E-state index in [4.69, 9.17) is 4.74 Å². The van der Waals surface area contributed by atoms with Crippen molar-refractivity contribution in [1.29, 1.82) is 0 Å². The molecule has 0 saturated heterocycles. The molecule has 3 N–H and O–H groups in total. The molecule has 0 bridgehead atoms. The van der Waals surface area contributed by atoms with Crippen LogP contribution in [0.2, 0.25) is 0 Å². The summed E-state index contributed by atoms with van der Waals surface area (Å²) in [6.45, 7) is 5.49. The zero-order chi connectivity index (χ0) is 24.5. The average Bonchev–Trinajstić information content (AvgIpc) is 3.34. The topological polar surface area (TPSA) is 105 Å². The third kappa shape index (κ3) is 4.39. The zero-order valence-electron chi connectivity index (χ0n) is 19.8. The quantitative estimate of drug-likeness (QED) is 0.566. The van der Waals surface area contributed by atoms with Crippen molar-refractivity contribution in [1.82, 2.24) is 10.6 Å². The molecule has 3 atom stereocenters. The molecule has 1 saturated carbocycles. The predicted molar refractivity (Wildman–Crippen MR) is 128 cm³/mol. The number of benzene rings is 2. The van der Waals surface area contributed by atoms with Crippen LogP contribution in [0.15, 0.2) is 48.5 Å². The van der Waals surface area contributed by atoms with E-state index < -0.39 is 29.6 Å². The molecule has 0 spiro atoms. The molecule has 2 aliphatic rings. The first-order valence-electron chi connectivity index (χ1n) is 11.9. The van der Waals surface area contributed by atoms with Gasteiger partial charge in [-0.1, -0.05) is 68.8 Å². The van der Waals surface area contributed by atoms with Crippen molar-refractivity contribution in [3.05, 3.63) is 59.7 Å². The first-order chi connectivity index (χ1) is 16.2. The van der Waals surface area contributed by atoms with E-state index in [0.717, 1.165) is 28.7 Å². The van der Waals surface area contributed by atoms with Crippen LogP contribution in [0.1, 0.15) is 57.1 Å². The van der Waals surface area contributed by atoms with Gasteiger partial charge in [0.15, 0.2) is 0 Å². The van der Waals surface area contributed by atoms with E-state index in [0.29, 0.717) is 12.8 Å². The molecule has 34 heavy (non-hydrogen) atoms. The van der Waals surface area contributed by atoms with E-state index in [-0.39, 0.29) is 24.3 Å². The Labute approximate surface area is 199 Å². The van der Waals surface area contributed by atoms with Crippen molar-refractivity contribution in [3.63, 3.8) is 0 Å². The molecule has 2 amide bonds. The summed E-state index contributed by atoms with van der Waals surface area (Å²) in [5, 5.41) is 15.2. The summed E-state index contributed by atoms with van der Waals surface area (Å²) in [4.78, 5) is 37.5. The minimum Gasteiger partial charge on any atom is -0.481 e. The molecule has 2 unspecified atom stereocenters. The number of hydrogen-bond donors (Lipinski definition) is 3. The standard InChI is InChI=1S/C27H32N2O5/c1-16(2)23(24(30)28-22-13-8-14-27(22,3)25(31)32)29-26(33)34-15-21-19-11-6-4-9-17(19)18-10-5-7-12-20(18)21/h4-7,9-12,16,21-23H,8,13-15H2,1-3H3,(H,28,30)(H,29,33)(H,31,32)/t22?,23-,27?/m0/s1. The molecule has 7 nitrogen and oxygen atoms in total. The molecule has 0 aliphatic heterocycles. The van der Waals surface area contributed by atoms with Crippen molar-refractivity contribution >= 4 is 18.0 Å². The smallest absolute Gasteiger partial charge is 0.407 e. The Morgan fingerprint density at radius 1 is 1.06 bits per heavy atom. The number of carboxylic acids is 1. The monoisotopic (exact) mass is 464 g/mol. The molecule has 0 radical (unpaired) electrons. The molecule has 2 aromatic carbocycles. The van der Waals surface area contributed by atoms with Crippen LogP contribution in [-0.2, 0) is 14.3 Å². The van der Waals surface area contributed by atoms with Crippen molar-refractivity contribution in [2.24, 2.45) is 11.3 Å². The van der Waals surface area contributed by atoms with Crippen molar-refractivity contribution in [2.45, 2.75) is 58.0 Å². The SMILES string of the molecule is CC(C)[C@H](NC(=O)OCC1c2ccccc2-c2ccccc21)C(=O)NC1CCCC1(C)C(=O)O. The summed E-state index contributed by atoms with van der Waals surface area (Å²) in [7, 11) is 0. The molecule has 180 valence electrons. The molecular formula is C27H32N2O5. The van der Waals surface area contributed by atoms with Gasteiger partial charge in [-0.25, -0.2) is 4.79 Å². The van der Waals surface area contributed by atoms with Crippen LogP contribution in [0.5, 0.6) is 0 Å². The highest BCUT2D eigenvalue weighted by Crippen LogP contribution is 2.44. The summed E-state index contributed by atoms with van der Waals surface area (Å²) in [5.74, 6) is -1.57. The van der Waals surface area contributed by atoms with Crippen molar-refractivity contribution < 1.29 is 24.2 Å². The van der Waals surface area contributed by atoms with Gasteiger partial charge in [-0.2, -0.15) is 0 Å². The van der Waals surface area contributed by atoms with Gasteiger partial charge in [0.25, 0.3) is 0 Å². The van der Waals surface area contributed by atoms with E-state index >= 15 is 0 Å². The highest BCUT2D eigenvalue weighted by molar-refractivity contribution is 5.87. The van der Waals surface area contributed by atoms with Crippen LogP contribution in [0, 0.1) is 11.3 Å². The first kappa shape index (κ1) is 23.8. The number of rotatable bonds is 7. The van der Waals surface area contributed by atoms with Crippen molar-refractivity contribution in [2.75, 3.05) is 6.61 Å². The third-order valence-corrected chi connectivity index (χ3v) is 7.33. The second kappa shape index (κ2) is 9.49. The lowest BCUT2D eigenvalue weighted by atomic mass is 9.84. The lowest BCUT2D eigenvalue weighted by Crippen LogP contribution is -2.55. The van der Waals surface area contributed by atoms with Crippen LogP contribution in [0.3, 0.4) is 0 Å². The number of amides is 2. The van der Waals surface area contributed by atoms with Gasteiger partial charge in [0.1, 0.15) is 12.6 Å². The highest BCUT2D eigenvalue weighted by Gasteiger charge is 2.46. The van der Waals surface area contributed by atoms with E-state index in [9.17, 15) is 19.5 Å². The number of fused-ring (bicyclic) bond motifs is 3. The Morgan fingerprint density at radius 3 is 2.21 bits per heavy atom. The van der Waals surface area contributed by atoms with Crippen LogP contribution in [-0.4, -0.2) is 41.8 Å². The Bertz CT molecular complexity index is 1050. The molecule has 2 aromatic rings. The number of carbonyl (C=O) groups is 3. The number of ether oxygens (including phenoxy) is 1. The maximum Gasteiger partial charge on any atom is 0.407 e. The number of aliphatic carboxylic acids is 1. The lowest BCUT2D eigenvalue weighted by Gasteiger charge is -2.30. The Hall–Kier alpha value is -3.35. The second-order valence-corrected chi connectivity index (χ2v) is 9.87. The largest absolute Gasteiger partial charge is 0.481 e. The van der Waals surface area contributed by atoms with Gasteiger partial charge >= 0.3 is 12.1 Å². The van der Waals surface area contributed by atoms with Gasteiger partial charge in [0, 0.05) is 12.0 Å². The van der Waals surface area contributed by atoms with Gasteiger partial charge in [0.2, 0.25) is 5.91 Å². The normalized spacial score (nSPS) is 22.1. The van der Waals surface area contributed by atoms with Gasteiger partial charge in [-0.15, -0.1) is 0 Å². The first-order valence-corrected chi connectivity index (χ1v) is 11.9. The van der Waals surface area contributed by atoms with Gasteiger partial charge in [-0.05, 0) is 47.9 Å². The Morgan fingerprint density at radius 2 is 1.65 bits per heavy atom. The fourth-order valence-corrected chi connectivity index (χ4v) is 5.22. The Kier molecular flexibility index (Phi) is 6.64. The maximum atomic E-state index is 13.0. The van der Waals surface area contributed by atoms with E-state index in [2.05, 4.69) is 22.8 Å². The summed E-state index contributed by atoms with van der Waals surface area (Å²) >= 11 is 0. The third-order valence-electron chi connectivity index (χ3n) is 7.33. The van der Waals surface area contributed by atoms with Crippen LogP contribution >= 0.6 is 0 Å². The highest BCUT2D eigenvalue weighted by atomic mass is 16.5. The van der Waals surface area contributed by atoms with E-state index in [1.54, 1.807) is 6.92 Å².